The Morgan fingerprint density at radius 2 is 2.12 bits per heavy atom. The minimum atomic E-state index is -0.455. The second kappa shape index (κ2) is 4.68. The van der Waals surface area contributed by atoms with Crippen LogP contribution in [-0.2, 0) is 6.42 Å². The Hall–Kier alpha value is -1.32. The molecule has 2 rings (SSSR count). The van der Waals surface area contributed by atoms with E-state index in [-0.39, 0.29) is 5.02 Å². The summed E-state index contributed by atoms with van der Waals surface area (Å²) in [7, 11) is 0. The van der Waals surface area contributed by atoms with Crippen LogP contribution < -0.4 is 5.73 Å². The molecule has 2 N–H and O–H groups in total. The summed E-state index contributed by atoms with van der Waals surface area (Å²) in [4.78, 5) is 0. The predicted octanol–water partition coefficient (Wildman–Crippen LogP) is 3.31. The molecular weight excluding hydrogens is 229 g/mol. The number of rotatable bonds is 3. The highest BCUT2D eigenvalue weighted by molar-refractivity contribution is 6.30. The Kier molecular flexibility index (Phi) is 3.27. The Morgan fingerprint density at radius 3 is 2.81 bits per heavy atom. The predicted molar refractivity (Wildman–Crippen MR) is 60.8 cm³/mol. The van der Waals surface area contributed by atoms with Crippen LogP contribution in [0.3, 0.4) is 0 Å². The molecule has 16 heavy (non-hydrogen) atoms. The summed E-state index contributed by atoms with van der Waals surface area (Å²) in [6, 6.07) is 7.95. The third-order valence-electron chi connectivity index (χ3n) is 2.38. The van der Waals surface area contributed by atoms with Crippen molar-refractivity contribution in [1.29, 1.82) is 0 Å². The fraction of sp³-hybridized carbons (Fsp3) is 0.167. The van der Waals surface area contributed by atoms with Crippen LogP contribution in [0.4, 0.5) is 4.39 Å². The van der Waals surface area contributed by atoms with Gasteiger partial charge in [-0.25, -0.2) is 4.39 Å². The standard InChI is InChI=1S/C12H11ClFNO/c13-10-5-1-4-9(12(10)14)11(15)7-8-3-2-6-16-8/h1-6,11H,7,15H2. The number of furan rings is 1. The smallest absolute Gasteiger partial charge is 0.146 e. The summed E-state index contributed by atoms with van der Waals surface area (Å²) in [5.74, 6) is 0.273. The van der Waals surface area contributed by atoms with Gasteiger partial charge in [-0.2, -0.15) is 0 Å². The summed E-state index contributed by atoms with van der Waals surface area (Å²) < 4.78 is 18.8. The molecule has 1 heterocycles. The highest BCUT2D eigenvalue weighted by atomic mass is 35.5. The van der Waals surface area contributed by atoms with E-state index < -0.39 is 11.9 Å². The molecule has 0 spiro atoms. The molecule has 0 fully saturated rings. The van der Waals surface area contributed by atoms with Gasteiger partial charge in [0.2, 0.25) is 0 Å². The zero-order chi connectivity index (χ0) is 11.5. The third kappa shape index (κ3) is 2.26. The summed E-state index contributed by atoms with van der Waals surface area (Å²) in [5.41, 5.74) is 6.30. The van der Waals surface area contributed by atoms with E-state index in [2.05, 4.69) is 0 Å². The molecule has 0 aliphatic heterocycles. The Morgan fingerprint density at radius 1 is 1.31 bits per heavy atom. The van der Waals surface area contributed by atoms with Crippen molar-refractivity contribution in [2.45, 2.75) is 12.5 Å². The highest BCUT2D eigenvalue weighted by Gasteiger charge is 2.15. The monoisotopic (exact) mass is 239 g/mol. The van der Waals surface area contributed by atoms with Crippen LogP contribution in [0, 0.1) is 5.82 Å². The molecule has 0 amide bonds. The Labute approximate surface area is 97.8 Å². The van der Waals surface area contributed by atoms with Crippen molar-refractivity contribution in [3.8, 4) is 0 Å². The lowest BCUT2D eigenvalue weighted by atomic mass is 10.0. The second-order valence-corrected chi connectivity index (χ2v) is 3.94. The molecular formula is C12H11ClFNO. The average Bonchev–Trinajstić information content (AvgIpc) is 2.74. The lowest BCUT2D eigenvalue weighted by molar-refractivity contribution is 0.481. The number of hydrogen-bond acceptors (Lipinski definition) is 2. The maximum atomic E-state index is 13.6. The summed E-state index contributed by atoms with van der Waals surface area (Å²) in [6.07, 6.45) is 2.01. The molecule has 0 aliphatic rings. The van der Waals surface area contributed by atoms with Crippen molar-refractivity contribution in [3.63, 3.8) is 0 Å². The van der Waals surface area contributed by atoms with Crippen LogP contribution in [0.15, 0.2) is 41.0 Å². The SMILES string of the molecule is NC(Cc1ccco1)c1cccc(Cl)c1F. The van der Waals surface area contributed by atoms with Gasteiger partial charge in [0.25, 0.3) is 0 Å². The van der Waals surface area contributed by atoms with E-state index in [4.69, 9.17) is 21.8 Å². The van der Waals surface area contributed by atoms with E-state index in [1.807, 2.05) is 6.07 Å². The van der Waals surface area contributed by atoms with Crippen LogP contribution >= 0.6 is 11.6 Å². The van der Waals surface area contributed by atoms with Crippen LogP contribution in [-0.4, -0.2) is 0 Å². The summed E-state index contributed by atoms with van der Waals surface area (Å²) in [5, 5.41) is 0.0902. The third-order valence-corrected chi connectivity index (χ3v) is 2.67. The van der Waals surface area contributed by atoms with Gasteiger partial charge in [-0.05, 0) is 18.2 Å². The second-order valence-electron chi connectivity index (χ2n) is 3.53. The molecule has 0 saturated heterocycles. The first-order valence-electron chi connectivity index (χ1n) is 4.90. The molecule has 84 valence electrons. The molecule has 1 unspecified atom stereocenters. The Bertz CT molecular complexity index is 470. The van der Waals surface area contributed by atoms with Gasteiger partial charge in [0, 0.05) is 18.0 Å². The largest absolute Gasteiger partial charge is 0.469 e. The van der Waals surface area contributed by atoms with Gasteiger partial charge < -0.3 is 10.2 Å². The molecule has 4 heteroatoms. The molecule has 0 aliphatic carbocycles. The number of hydrogen-bond donors (Lipinski definition) is 1. The lowest BCUT2D eigenvalue weighted by Crippen LogP contribution is -2.14. The number of halogens is 2. The van der Waals surface area contributed by atoms with Gasteiger partial charge >= 0.3 is 0 Å². The van der Waals surface area contributed by atoms with Crippen molar-refractivity contribution in [3.05, 3.63) is 58.8 Å². The van der Waals surface area contributed by atoms with Gasteiger partial charge in [-0.3, -0.25) is 0 Å². The Balaban J connectivity index is 2.21. The van der Waals surface area contributed by atoms with Gasteiger partial charge in [-0.15, -0.1) is 0 Å². The fourth-order valence-corrected chi connectivity index (χ4v) is 1.74. The van der Waals surface area contributed by atoms with Crippen LogP contribution in [0.5, 0.6) is 0 Å². The zero-order valence-electron chi connectivity index (χ0n) is 8.49. The first kappa shape index (κ1) is 11.2. The molecule has 1 aromatic heterocycles. The average molecular weight is 240 g/mol. The molecule has 1 aromatic carbocycles. The fourth-order valence-electron chi connectivity index (χ4n) is 1.56. The topological polar surface area (TPSA) is 39.2 Å². The van der Waals surface area contributed by atoms with Crippen molar-refractivity contribution in [1.82, 2.24) is 0 Å². The van der Waals surface area contributed by atoms with Crippen LogP contribution in [0.1, 0.15) is 17.4 Å². The molecule has 1 atom stereocenters. The first-order valence-corrected chi connectivity index (χ1v) is 5.28. The van der Waals surface area contributed by atoms with E-state index in [0.29, 0.717) is 12.0 Å². The normalized spacial score (nSPS) is 12.7. The highest BCUT2D eigenvalue weighted by Crippen LogP contribution is 2.24. The van der Waals surface area contributed by atoms with E-state index in [9.17, 15) is 4.39 Å². The molecule has 2 nitrogen and oxygen atoms in total. The summed E-state index contributed by atoms with van der Waals surface area (Å²) >= 11 is 5.69. The van der Waals surface area contributed by atoms with Crippen LogP contribution in [0.25, 0.3) is 0 Å². The van der Waals surface area contributed by atoms with Gasteiger partial charge in [0.05, 0.1) is 11.3 Å². The van der Waals surface area contributed by atoms with E-state index >= 15 is 0 Å². The van der Waals surface area contributed by atoms with Crippen molar-refractivity contribution in [2.24, 2.45) is 5.73 Å². The quantitative estimate of drug-likeness (QED) is 0.893. The van der Waals surface area contributed by atoms with Crippen molar-refractivity contribution in [2.75, 3.05) is 0 Å². The van der Waals surface area contributed by atoms with Gasteiger partial charge in [0.1, 0.15) is 11.6 Å². The summed E-state index contributed by atoms with van der Waals surface area (Å²) in [6.45, 7) is 0. The minimum Gasteiger partial charge on any atom is -0.469 e. The van der Waals surface area contributed by atoms with E-state index in [1.54, 1.807) is 24.5 Å². The first-order chi connectivity index (χ1) is 7.68. The number of nitrogens with two attached hydrogens (primary N) is 1. The number of benzene rings is 1. The zero-order valence-corrected chi connectivity index (χ0v) is 9.25. The van der Waals surface area contributed by atoms with Gasteiger partial charge in [-0.1, -0.05) is 23.7 Å². The maximum absolute atomic E-state index is 13.6. The molecule has 0 radical (unpaired) electrons. The van der Waals surface area contributed by atoms with E-state index in [1.165, 1.54) is 6.07 Å². The van der Waals surface area contributed by atoms with Crippen LogP contribution in [0.2, 0.25) is 5.02 Å². The molecule has 0 bridgehead atoms. The molecule has 0 saturated carbocycles. The molecule has 2 aromatic rings. The minimum absolute atomic E-state index is 0.0902. The lowest BCUT2D eigenvalue weighted by Gasteiger charge is -2.11. The maximum Gasteiger partial charge on any atom is 0.146 e. The van der Waals surface area contributed by atoms with Crippen molar-refractivity contribution < 1.29 is 8.81 Å². The van der Waals surface area contributed by atoms with Crippen molar-refractivity contribution >= 4 is 11.6 Å². The van der Waals surface area contributed by atoms with Gasteiger partial charge in [0.15, 0.2) is 0 Å². The van der Waals surface area contributed by atoms with E-state index in [0.717, 1.165) is 5.76 Å².